The van der Waals surface area contributed by atoms with Crippen molar-refractivity contribution in [3.63, 3.8) is 0 Å². The maximum Gasteiger partial charge on any atom is 0.248 e. The van der Waals surface area contributed by atoms with Crippen LogP contribution in [-0.2, 0) is 11.2 Å². The Kier molecular flexibility index (Phi) is 6.85. The number of β-amino-alcohol motifs (C(OH)–C–C–N with tert-alkyl or cyclic N) is 1. The van der Waals surface area contributed by atoms with Gasteiger partial charge in [0.05, 0.1) is 6.10 Å². The van der Waals surface area contributed by atoms with E-state index in [1.807, 2.05) is 34.9 Å². The Morgan fingerprint density at radius 1 is 1.38 bits per heavy atom. The molecule has 0 aliphatic carbocycles. The highest BCUT2D eigenvalue weighted by molar-refractivity contribution is 14.0. The number of halogens is 1. The predicted octanol–water partition coefficient (Wildman–Crippen LogP) is 1.23. The molecule has 7 heteroatoms. The molecule has 2 aliphatic rings. The lowest BCUT2D eigenvalue weighted by Crippen LogP contribution is -2.41. The van der Waals surface area contributed by atoms with Crippen molar-refractivity contribution >= 4 is 41.5 Å². The lowest BCUT2D eigenvalue weighted by atomic mass is 10.2. The number of aliphatic hydroxyl groups excluding tert-OH is 1. The van der Waals surface area contributed by atoms with Crippen LogP contribution in [0.4, 0.5) is 5.69 Å². The normalized spacial score (nSPS) is 19.9. The lowest BCUT2D eigenvalue weighted by molar-refractivity contribution is -0.117. The van der Waals surface area contributed by atoms with E-state index in [4.69, 9.17) is 0 Å². The summed E-state index contributed by atoms with van der Waals surface area (Å²) in [6.45, 7) is 4.95. The SMILES string of the molecule is CCNC(=NCC(=O)N1CCc2ccccc21)N1CC[C@@H](O)C1.I. The molecule has 1 aromatic carbocycles. The number of nitrogens with one attached hydrogen (secondary N) is 1. The number of benzene rings is 1. The van der Waals surface area contributed by atoms with Crippen LogP contribution < -0.4 is 10.2 Å². The Morgan fingerprint density at radius 3 is 2.88 bits per heavy atom. The fourth-order valence-electron chi connectivity index (χ4n) is 3.19. The molecule has 1 aromatic rings. The predicted molar refractivity (Wildman–Crippen MR) is 106 cm³/mol. The molecule has 3 rings (SSSR count). The minimum Gasteiger partial charge on any atom is -0.391 e. The third-order valence-electron chi connectivity index (χ3n) is 4.35. The van der Waals surface area contributed by atoms with Crippen molar-refractivity contribution in [1.29, 1.82) is 0 Å². The zero-order chi connectivity index (χ0) is 16.2. The highest BCUT2D eigenvalue weighted by atomic mass is 127. The number of carbonyl (C=O) groups is 1. The van der Waals surface area contributed by atoms with Gasteiger partial charge >= 0.3 is 0 Å². The van der Waals surface area contributed by atoms with Crippen LogP contribution in [-0.4, -0.2) is 60.7 Å². The maximum atomic E-state index is 12.5. The molecule has 2 N–H and O–H groups in total. The lowest BCUT2D eigenvalue weighted by Gasteiger charge is -2.21. The number of likely N-dealkylation sites (tertiary alicyclic amines) is 1. The number of rotatable bonds is 3. The van der Waals surface area contributed by atoms with Gasteiger partial charge < -0.3 is 20.2 Å². The van der Waals surface area contributed by atoms with Gasteiger partial charge in [0.2, 0.25) is 5.91 Å². The minimum atomic E-state index is -0.306. The molecule has 0 bridgehead atoms. The summed E-state index contributed by atoms with van der Waals surface area (Å²) < 4.78 is 0. The van der Waals surface area contributed by atoms with Gasteiger partial charge in [0.25, 0.3) is 0 Å². The maximum absolute atomic E-state index is 12.5. The van der Waals surface area contributed by atoms with Crippen LogP contribution in [0, 0.1) is 0 Å². The first-order chi connectivity index (χ1) is 11.2. The highest BCUT2D eigenvalue weighted by Crippen LogP contribution is 2.27. The van der Waals surface area contributed by atoms with Gasteiger partial charge in [0, 0.05) is 31.9 Å². The third kappa shape index (κ3) is 4.18. The summed E-state index contributed by atoms with van der Waals surface area (Å²) in [6.07, 6.45) is 1.35. The van der Waals surface area contributed by atoms with Gasteiger partial charge in [-0.05, 0) is 31.4 Å². The number of carbonyl (C=O) groups excluding carboxylic acids is 1. The Bertz CT molecular complexity index is 608. The number of amides is 1. The van der Waals surface area contributed by atoms with Gasteiger partial charge in [0.15, 0.2) is 5.96 Å². The zero-order valence-corrected chi connectivity index (χ0v) is 16.3. The van der Waals surface area contributed by atoms with Crippen LogP contribution in [0.25, 0.3) is 0 Å². The van der Waals surface area contributed by atoms with Crippen LogP contribution in [0.15, 0.2) is 29.3 Å². The second-order valence-corrected chi connectivity index (χ2v) is 5.98. The molecule has 6 nitrogen and oxygen atoms in total. The van der Waals surface area contributed by atoms with Crippen molar-refractivity contribution in [2.75, 3.05) is 37.6 Å². The number of nitrogens with zero attached hydrogens (tertiary/aromatic N) is 3. The van der Waals surface area contributed by atoms with E-state index in [2.05, 4.69) is 16.4 Å². The zero-order valence-electron chi connectivity index (χ0n) is 13.9. The molecule has 2 aliphatic heterocycles. The summed E-state index contributed by atoms with van der Waals surface area (Å²) in [5, 5.41) is 12.9. The molecular weight excluding hydrogens is 419 g/mol. The quantitative estimate of drug-likeness (QED) is 0.418. The van der Waals surface area contributed by atoms with Crippen LogP contribution in [0.1, 0.15) is 18.9 Å². The number of hydrogen-bond donors (Lipinski definition) is 2. The van der Waals surface area contributed by atoms with Crippen molar-refractivity contribution in [2.45, 2.75) is 25.9 Å². The number of guanidine groups is 1. The third-order valence-corrected chi connectivity index (χ3v) is 4.35. The smallest absolute Gasteiger partial charge is 0.248 e. The number of fused-ring (bicyclic) bond motifs is 1. The number of aliphatic imine (C=N–C) groups is 1. The average molecular weight is 444 g/mol. The molecular formula is C17H25IN4O2. The molecule has 2 heterocycles. The van der Waals surface area contributed by atoms with Crippen molar-refractivity contribution in [3.05, 3.63) is 29.8 Å². The van der Waals surface area contributed by atoms with Crippen LogP contribution >= 0.6 is 24.0 Å². The van der Waals surface area contributed by atoms with Gasteiger partial charge in [-0.3, -0.25) is 4.79 Å². The summed E-state index contributed by atoms with van der Waals surface area (Å²) in [5.41, 5.74) is 2.23. The molecule has 1 fully saturated rings. The summed E-state index contributed by atoms with van der Waals surface area (Å²) >= 11 is 0. The average Bonchev–Trinajstić information content (AvgIpc) is 3.17. The first-order valence-electron chi connectivity index (χ1n) is 8.28. The summed E-state index contributed by atoms with van der Waals surface area (Å²) in [6, 6.07) is 8.03. The number of para-hydroxylation sites is 1. The number of aliphatic hydroxyl groups is 1. The Labute approximate surface area is 159 Å². The van der Waals surface area contributed by atoms with E-state index < -0.39 is 0 Å². The summed E-state index contributed by atoms with van der Waals surface area (Å²) in [5.74, 6) is 0.731. The van der Waals surface area contributed by atoms with Crippen molar-refractivity contribution < 1.29 is 9.90 Å². The Hall–Kier alpha value is -1.35. The van der Waals surface area contributed by atoms with Crippen LogP contribution in [0.5, 0.6) is 0 Å². The molecule has 0 unspecified atom stereocenters. The fourth-order valence-corrected chi connectivity index (χ4v) is 3.19. The van der Waals surface area contributed by atoms with E-state index in [-0.39, 0.29) is 42.5 Å². The second-order valence-electron chi connectivity index (χ2n) is 5.98. The largest absolute Gasteiger partial charge is 0.391 e. The standard InChI is InChI=1S/C17H24N4O2.HI/c1-2-18-17(20-9-8-14(22)12-20)19-11-16(23)21-10-7-13-5-3-4-6-15(13)21;/h3-6,14,22H,2,7-12H2,1H3,(H,18,19);1H/t14-;/m1./s1. The first kappa shape index (κ1) is 19.0. The Balaban J connectivity index is 0.00000208. The van der Waals surface area contributed by atoms with Crippen molar-refractivity contribution in [3.8, 4) is 0 Å². The molecule has 1 amide bonds. The molecule has 24 heavy (non-hydrogen) atoms. The summed E-state index contributed by atoms with van der Waals surface area (Å²) in [4.78, 5) is 20.8. The fraction of sp³-hybridized carbons (Fsp3) is 0.529. The molecule has 1 atom stereocenters. The van der Waals surface area contributed by atoms with E-state index >= 15 is 0 Å². The molecule has 0 aromatic heterocycles. The molecule has 0 spiro atoms. The molecule has 1 saturated heterocycles. The van der Waals surface area contributed by atoms with Crippen LogP contribution in [0.2, 0.25) is 0 Å². The molecule has 0 radical (unpaired) electrons. The number of anilines is 1. The van der Waals surface area contributed by atoms with E-state index in [9.17, 15) is 9.90 Å². The highest BCUT2D eigenvalue weighted by Gasteiger charge is 2.25. The van der Waals surface area contributed by atoms with Gasteiger partial charge in [-0.1, -0.05) is 18.2 Å². The second kappa shape index (κ2) is 8.66. The van der Waals surface area contributed by atoms with Gasteiger partial charge in [0.1, 0.15) is 6.54 Å². The van der Waals surface area contributed by atoms with Gasteiger partial charge in [-0.2, -0.15) is 0 Å². The van der Waals surface area contributed by atoms with Crippen molar-refractivity contribution in [2.24, 2.45) is 4.99 Å². The monoisotopic (exact) mass is 444 g/mol. The topological polar surface area (TPSA) is 68.2 Å². The molecule has 0 saturated carbocycles. The van der Waals surface area contributed by atoms with E-state index in [0.29, 0.717) is 12.5 Å². The van der Waals surface area contributed by atoms with Gasteiger partial charge in [-0.15, -0.1) is 24.0 Å². The first-order valence-corrected chi connectivity index (χ1v) is 8.28. The van der Waals surface area contributed by atoms with Crippen molar-refractivity contribution in [1.82, 2.24) is 10.2 Å². The number of hydrogen-bond acceptors (Lipinski definition) is 3. The van der Waals surface area contributed by atoms with E-state index in [0.717, 1.165) is 38.2 Å². The summed E-state index contributed by atoms with van der Waals surface area (Å²) in [7, 11) is 0. The minimum absolute atomic E-state index is 0. The Morgan fingerprint density at radius 2 is 2.17 bits per heavy atom. The van der Waals surface area contributed by atoms with Crippen LogP contribution in [0.3, 0.4) is 0 Å². The molecule has 132 valence electrons. The van der Waals surface area contributed by atoms with E-state index in [1.54, 1.807) is 0 Å². The van der Waals surface area contributed by atoms with E-state index in [1.165, 1.54) is 5.56 Å². The van der Waals surface area contributed by atoms with Gasteiger partial charge in [-0.25, -0.2) is 4.99 Å².